The number of carbonyl (C=O) groups is 1. The van der Waals surface area contributed by atoms with Gasteiger partial charge in [-0.15, -0.1) is 0 Å². The van der Waals surface area contributed by atoms with Gasteiger partial charge in [-0.3, -0.25) is 4.79 Å². The Morgan fingerprint density at radius 3 is 2.62 bits per heavy atom. The van der Waals surface area contributed by atoms with E-state index in [-0.39, 0.29) is 5.91 Å². The topological polar surface area (TPSA) is 55.6 Å². The molecule has 4 heteroatoms. The number of hydrogen-bond donors (Lipinski definition) is 1. The average molecular weight is 184 g/mol. The molecule has 2 rings (SSSR count). The summed E-state index contributed by atoms with van der Waals surface area (Å²) in [4.78, 5) is 13.8. The maximum absolute atomic E-state index is 11.9. The van der Waals surface area contributed by atoms with Crippen molar-refractivity contribution >= 4 is 5.91 Å². The Morgan fingerprint density at radius 2 is 2.08 bits per heavy atom. The van der Waals surface area contributed by atoms with Crippen LogP contribution in [0.5, 0.6) is 0 Å². The van der Waals surface area contributed by atoms with Crippen LogP contribution < -0.4 is 5.73 Å². The van der Waals surface area contributed by atoms with Gasteiger partial charge in [0.25, 0.3) is 0 Å². The predicted octanol–water partition coefficient (Wildman–Crippen LogP) is -0.273. The number of nitrogens with two attached hydrogens (primary N) is 1. The molecule has 0 aromatic carbocycles. The van der Waals surface area contributed by atoms with Gasteiger partial charge in [-0.1, -0.05) is 0 Å². The molecule has 0 aromatic heterocycles. The van der Waals surface area contributed by atoms with Gasteiger partial charge in [0.1, 0.15) is 5.54 Å². The summed E-state index contributed by atoms with van der Waals surface area (Å²) in [6, 6.07) is 0. The molecule has 0 spiro atoms. The number of ether oxygens (including phenoxy) is 1. The van der Waals surface area contributed by atoms with E-state index in [4.69, 9.17) is 10.5 Å². The second-order valence-electron chi connectivity index (χ2n) is 3.96. The second-order valence-corrected chi connectivity index (χ2v) is 3.96. The van der Waals surface area contributed by atoms with Gasteiger partial charge in [-0.05, 0) is 19.3 Å². The molecule has 2 heterocycles. The molecule has 74 valence electrons. The fraction of sp³-hybridized carbons (Fsp3) is 0.889. The van der Waals surface area contributed by atoms with E-state index in [1.165, 1.54) is 0 Å². The van der Waals surface area contributed by atoms with Crippen molar-refractivity contribution in [2.45, 2.75) is 24.8 Å². The summed E-state index contributed by atoms with van der Waals surface area (Å²) in [5.41, 5.74) is 5.25. The normalized spacial score (nSPS) is 34.1. The molecule has 2 aliphatic rings. The van der Waals surface area contributed by atoms with Crippen molar-refractivity contribution in [3.8, 4) is 0 Å². The number of likely N-dealkylation sites (tertiary alicyclic amines) is 1. The first kappa shape index (κ1) is 8.97. The molecule has 1 atom stereocenters. The lowest BCUT2D eigenvalue weighted by Gasteiger charge is -2.26. The fourth-order valence-electron chi connectivity index (χ4n) is 1.98. The van der Waals surface area contributed by atoms with Crippen LogP contribution in [0.4, 0.5) is 0 Å². The summed E-state index contributed by atoms with van der Waals surface area (Å²) in [6.45, 7) is 2.76. The monoisotopic (exact) mass is 184 g/mol. The van der Waals surface area contributed by atoms with Gasteiger partial charge in [-0.2, -0.15) is 0 Å². The first-order chi connectivity index (χ1) is 6.22. The minimum atomic E-state index is -0.718. The molecule has 0 aliphatic carbocycles. The molecular formula is C9H16N2O2. The SMILES string of the molecule is NC1(C(=O)N2CCCC2)CCOC1. The van der Waals surface area contributed by atoms with Crippen molar-refractivity contribution in [1.82, 2.24) is 4.90 Å². The van der Waals surface area contributed by atoms with Gasteiger partial charge in [0.2, 0.25) is 5.91 Å². The Bertz CT molecular complexity index is 206. The van der Waals surface area contributed by atoms with Crippen LogP contribution in [0.25, 0.3) is 0 Å². The zero-order chi connectivity index (χ0) is 9.31. The number of rotatable bonds is 1. The minimum absolute atomic E-state index is 0.0856. The highest BCUT2D eigenvalue weighted by molar-refractivity contribution is 5.86. The van der Waals surface area contributed by atoms with E-state index >= 15 is 0 Å². The predicted molar refractivity (Wildman–Crippen MR) is 48.2 cm³/mol. The first-order valence-corrected chi connectivity index (χ1v) is 4.88. The van der Waals surface area contributed by atoms with Gasteiger partial charge in [0, 0.05) is 19.7 Å². The molecule has 2 N–H and O–H groups in total. The molecule has 2 aliphatic heterocycles. The summed E-state index contributed by atoms with van der Waals surface area (Å²) in [7, 11) is 0. The highest BCUT2D eigenvalue weighted by Crippen LogP contribution is 2.20. The van der Waals surface area contributed by atoms with Crippen molar-refractivity contribution in [3.05, 3.63) is 0 Å². The maximum Gasteiger partial charge on any atom is 0.245 e. The van der Waals surface area contributed by atoms with Crippen molar-refractivity contribution in [2.75, 3.05) is 26.3 Å². The highest BCUT2D eigenvalue weighted by atomic mass is 16.5. The van der Waals surface area contributed by atoms with Gasteiger partial charge in [0.15, 0.2) is 0 Å². The Kier molecular flexibility index (Phi) is 2.26. The molecule has 1 amide bonds. The summed E-state index contributed by atoms with van der Waals surface area (Å²) in [6.07, 6.45) is 2.90. The lowest BCUT2D eigenvalue weighted by atomic mass is 9.98. The van der Waals surface area contributed by atoms with Gasteiger partial charge < -0.3 is 15.4 Å². The first-order valence-electron chi connectivity index (χ1n) is 4.88. The van der Waals surface area contributed by atoms with Crippen molar-refractivity contribution in [3.63, 3.8) is 0 Å². The smallest absolute Gasteiger partial charge is 0.245 e. The Morgan fingerprint density at radius 1 is 1.38 bits per heavy atom. The fourth-order valence-corrected chi connectivity index (χ4v) is 1.98. The molecule has 2 fully saturated rings. The average Bonchev–Trinajstić information content (AvgIpc) is 2.73. The molecule has 13 heavy (non-hydrogen) atoms. The van der Waals surface area contributed by atoms with Crippen LogP contribution in [0.3, 0.4) is 0 Å². The third-order valence-corrected chi connectivity index (χ3v) is 2.87. The van der Waals surface area contributed by atoms with Gasteiger partial charge in [0.05, 0.1) is 6.61 Å². The number of amides is 1. The van der Waals surface area contributed by atoms with Crippen molar-refractivity contribution < 1.29 is 9.53 Å². The molecule has 0 saturated carbocycles. The molecule has 0 bridgehead atoms. The van der Waals surface area contributed by atoms with Crippen LogP contribution in [0.2, 0.25) is 0 Å². The van der Waals surface area contributed by atoms with E-state index in [9.17, 15) is 4.79 Å². The number of nitrogens with zero attached hydrogens (tertiary/aromatic N) is 1. The molecule has 0 radical (unpaired) electrons. The molecular weight excluding hydrogens is 168 g/mol. The van der Waals surface area contributed by atoms with Crippen LogP contribution in [-0.4, -0.2) is 42.6 Å². The summed E-state index contributed by atoms with van der Waals surface area (Å²) >= 11 is 0. The summed E-state index contributed by atoms with van der Waals surface area (Å²) < 4.78 is 5.17. The lowest BCUT2D eigenvalue weighted by molar-refractivity contribution is -0.135. The minimum Gasteiger partial charge on any atom is -0.379 e. The maximum atomic E-state index is 11.9. The van der Waals surface area contributed by atoms with Crippen LogP contribution >= 0.6 is 0 Å². The third-order valence-electron chi connectivity index (χ3n) is 2.87. The van der Waals surface area contributed by atoms with Crippen LogP contribution in [0.15, 0.2) is 0 Å². The van der Waals surface area contributed by atoms with Crippen molar-refractivity contribution in [1.29, 1.82) is 0 Å². The van der Waals surface area contributed by atoms with Gasteiger partial charge >= 0.3 is 0 Å². The van der Waals surface area contributed by atoms with Crippen LogP contribution in [-0.2, 0) is 9.53 Å². The van der Waals surface area contributed by atoms with Gasteiger partial charge in [-0.25, -0.2) is 0 Å². The van der Waals surface area contributed by atoms with E-state index in [2.05, 4.69) is 0 Å². The van der Waals surface area contributed by atoms with E-state index in [1.807, 2.05) is 4.90 Å². The van der Waals surface area contributed by atoms with E-state index in [0.717, 1.165) is 25.9 Å². The largest absolute Gasteiger partial charge is 0.379 e. The van der Waals surface area contributed by atoms with E-state index < -0.39 is 5.54 Å². The van der Waals surface area contributed by atoms with E-state index in [1.54, 1.807) is 0 Å². The number of hydrogen-bond acceptors (Lipinski definition) is 3. The zero-order valence-electron chi connectivity index (χ0n) is 7.79. The number of carbonyl (C=O) groups excluding carboxylic acids is 1. The molecule has 2 saturated heterocycles. The third kappa shape index (κ3) is 1.56. The second kappa shape index (κ2) is 3.27. The summed E-state index contributed by atoms with van der Waals surface area (Å²) in [5.74, 6) is 0.0856. The highest BCUT2D eigenvalue weighted by Gasteiger charge is 2.41. The van der Waals surface area contributed by atoms with Crippen LogP contribution in [0.1, 0.15) is 19.3 Å². The Balaban J connectivity index is 2.02. The standard InChI is InChI=1S/C9H16N2O2/c10-9(3-6-13-7-9)8(12)11-4-1-2-5-11/h1-7,10H2. The molecule has 0 aromatic rings. The van der Waals surface area contributed by atoms with Crippen LogP contribution in [0, 0.1) is 0 Å². The zero-order valence-corrected chi connectivity index (χ0v) is 7.79. The lowest BCUT2D eigenvalue weighted by Crippen LogP contribution is -2.55. The quantitative estimate of drug-likeness (QED) is 0.610. The Labute approximate surface area is 78.0 Å². The Hall–Kier alpha value is -0.610. The molecule has 1 unspecified atom stereocenters. The van der Waals surface area contributed by atoms with Crippen molar-refractivity contribution in [2.24, 2.45) is 5.73 Å². The summed E-state index contributed by atoms with van der Waals surface area (Å²) in [5, 5.41) is 0. The van der Waals surface area contributed by atoms with E-state index in [0.29, 0.717) is 19.6 Å². The molecule has 4 nitrogen and oxygen atoms in total.